The molecule has 0 amide bonds. The number of benzene rings is 2. The van der Waals surface area contributed by atoms with Crippen LogP contribution in [0.15, 0.2) is 54.6 Å². The second kappa shape index (κ2) is 17.2. The molecular weight excluding hydrogens is 446 g/mol. The van der Waals surface area contributed by atoms with Gasteiger partial charge in [0.05, 0.1) is 27.1 Å². The lowest BCUT2D eigenvalue weighted by atomic mass is 10.0. The van der Waals surface area contributed by atoms with Crippen molar-refractivity contribution in [3.63, 3.8) is 0 Å². The zero-order valence-electron chi connectivity index (χ0n) is 23.3. The molecule has 0 saturated carbocycles. The third kappa shape index (κ3) is 12.6. The molecule has 0 N–H and O–H groups in total. The van der Waals surface area contributed by atoms with Crippen LogP contribution in [0, 0.1) is 0 Å². The summed E-state index contributed by atoms with van der Waals surface area (Å²) in [6.45, 7) is 6.55. The van der Waals surface area contributed by atoms with Gasteiger partial charge in [-0.15, -0.1) is 0 Å². The standard InChI is InChI=1S/C32H50NO3/c1-5-7-8-9-10-11-15-21-29-22-16-17-23-31(29)36-30(6-2)27-35-32(34)24-18-25-33(3,4)26-28-19-13-12-14-20-28/h12-14,16-17,19-20,22-23,30H,5-11,15,18,21,24-27H2,1-4H3/q+1. The number of rotatable bonds is 19. The first-order valence-corrected chi connectivity index (χ1v) is 14.2. The molecule has 0 radical (unpaired) electrons. The summed E-state index contributed by atoms with van der Waals surface area (Å²) in [7, 11) is 4.42. The molecule has 2 rings (SSSR count). The smallest absolute Gasteiger partial charge is 0.306 e. The molecule has 0 spiro atoms. The number of aryl methyl sites for hydroxylation is 1. The van der Waals surface area contributed by atoms with Gasteiger partial charge in [-0.2, -0.15) is 0 Å². The number of quaternary nitrogens is 1. The molecule has 1 atom stereocenters. The van der Waals surface area contributed by atoms with E-state index < -0.39 is 0 Å². The SMILES string of the molecule is CCCCCCCCCc1ccccc1OC(CC)COC(=O)CCC[N+](C)(C)Cc1ccccc1. The third-order valence-electron chi connectivity index (χ3n) is 6.80. The van der Waals surface area contributed by atoms with Crippen LogP contribution in [0.5, 0.6) is 5.75 Å². The van der Waals surface area contributed by atoms with Gasteiger partial charge in [-0.05, 0) is 30.9 Å². The topological polar surface area (TPSA) is 35.5 Å². The average Bonchev–Trinajstić information content (AvgIpc) is 2.87. The van der Waals surface area contributed by atoms with Crippen molar-refractivity contribution in [2.45, 2.75) is 97.1 Å². The van der Waals surface area contributed by atoms with Crippen LogP contribution in [0.1, 0.15) is 89.2 Å². The molecule has 0 aliphatic rings. The number of unbranched alkanes of at least 4 members (excludes halogenated alkanes) is 6. The highest BCUT2D eigenvalue weighted by molar-refractivity contribution is 5.69. The van der Waals surface area contributed by atoms with Crippen molar-refractivity contribution in [1.82, 2.24) is 0 Å². The highest BCUT2D eigenvalue weighted by Gasteiger charge is 2.18. The van der Waals surface area contributed by atoms with Crippen LogP contribution < -0.4 is 4.74 Å². The second-order valence-electron chi connectivity index (χ2n) is 10.7. The van der Waals surface area contributed by atoms with E-state index >= 15 is 0 Å². The highest BCUT2D eigenvalue weighted by atomic mass is 16.6. The van der Waals surface area contributed by atoms with E-state index in [1.165, 1.54) is 56.1 Å². The molecule has 4 nitrogen and oxygen atoms in total. The first-order chi connectivity index (χ1) is 17.4. The summed E-state index contributed by atoms with van der Waals surface area (Å²) in [5.74, 6) is 0.805. The summed E-state index contributed by atoms with van der Waals surface area (Å²) in [6, 6.07) is 18.8. The maximum atomic E-state index is 12.4. The Morgan fingerprint density at radius 1 is 0.833 bits per heavy atom. The molecule has 36 heavy (non-hydrogen) atoms. The van der Waals surface area contributed by atoms with Crippen molar-refractivity contribution < 1.29 is 18.8 Å². The van der Waals surface area contributed by atoms with Gasteiger partial charge in [0, 0.05) is 12.0 Å². The normalized spacial score (nSPS) is 12.3. The molecule has 0 aliphatic carbocycles. The number of ether oxygens (including phenoxy) is 2. The Morgan fingerprint density at radius 2 is 1.50 bits per heavy atom. The first kappa shape index (κ1) is 29.9. The van der Waals surface area contributed by atoms with Gasteiger partial charge in [0.1, 0.15) is 25.0 Å². The lowest BCUT2D eigenvalue weighted by Crippen LogP contribution is -2.39. The third-order valence-corrected chi connectivity index (χ3v) is 6.80. The maximum absolute atomic E-state index is 12.4. The molecule has 0 aliphatic heterocycles. The molecular formula is C32H50NO3+. The summed E-state index contributed by atoms with van der Waals surface area (Å²) in [4.78, 5) is 12.4. The van der Waals surface area contributed by atoms with E-state index in [0.29, 0.717) is 13.0 Å². The number of esters is 1. The zero-order chi connectivity index (χ0) is 26.1. The predicted molar refractivity (Wildman–Crippen MR) is 150 cm³/mol. The Bertz CT molecular complexity index is 849. The molecule has 1 unspecified atom stereocenters. The Balaban J connectivity index is 1.70. The van der Waals surface area contributed by atoms with Crippen LogP contribution in [-0.4, -0.2) is 43.8 Å². The fourth-order valence-electron chi connectivity index (χ4n) is 4.58. The van der Waals surface area contributed by atoms with E-state index in [1.54, 1.807) is 0 Å². The molecule has 4 heteroatoms. The summed E-state index contributed by atoms with van der Waals surface area (Å²) in [5, 5.41) is 0. The lowest BCUT2D eigenvalue weighted by molar-refractivity contribution is -0.903. The van der Waals surface area contributed by atoms with E-state index in [2.05, 4.69) is 64.3 Å². The molecule has 0 heterocycles. The van der Waals surface area contributed by atoms with Crippen molar-refractivity contribution in [1.29, 1.82) is 0 Å². The Hall–Kier alpha value is -2.33. The number of nitrogens with zero attached hydrogens (tertiary/aromatic N) is 1. The van der Waals surface area contributed by atoms with E-state index in [9.17, 15) is 4.79 Å². The van der Waals surface area contributed by atoms with Gasteiger partial charge >= 0.3 is 5.97 Å². The summed E-state index contributed by atoms with van der Waals surface area (Å²) in [6.07, 6.45) is 12.1. The van der Waals surface area contributed by atoms with Gasteiger partial charge in [-0.3, -0.25) is 4.79 Å². The molecule has 0 aromatic heterocycles. The molecule has 2 aromatic carbocycles. The van der Waals surface area contributed by atoms with E-state index in [0.717, 1.165) is 42.6 Å². The molecule has 0 saturated heterocycles. The van der Waals surface area contributed by atoms with E-state index in [-0.39, 0.29) is 12.1 Å². The van der Waals surface area contributed by atoms with Crippen LogP contribution in [0.25, 0.3) is 0 Å². The van der Waals surface area contributed by atoms with Crippen LogP contribution in [0.3, 0.4) is 0 Å². The highest BCUT2D eigenvalue weighted by Crippen LogP contribution is 2.23. The summed E-state index contributed by atoms with van der Waals surface area (Å²) in [5.41, 5.74) is 2.58. The van der Waals surface area contributed by atoms with Crippen molar-refractivity contribution in [3.05, 3.63) is 65.7 Å². The second-order valence-corrected chi connectivity index (χ2v) is 10.7. The number of hydrogen-bond donors (Lipinski definition) is 0. The first-order valence-electron chi connectivity index (χ1n) is 14.2. The Morgan fingerprint density at radius 3 is 2.22 bits per heavy atom. The summed E-state index contributed by atoms with van der Waals surface area (Å²) < 4.78 is 12.8. The molecule has 200 valence electrons. The van der Waals surface area contributed by atoms with Gasteiger partial charge in [0.25, 0.3) is 0 Å². The number of carbonyl (C=O) groups excluding carboxylic acids is 1. The van der Waals surface area contributed by atoms with Crippen LogP contribution in [0.4, 0.5) is 0 Å². The minimum atomic E-state index is -0.131. The average molecular weight is 497 g/mol. The van der Waals surface area contributed by atoms with Crippen LogP contribution in [-0.2, 0) is 22.5 Å². The predicted octanol–water partition coefficient (Wildman–Crippen LogP) is 7.74. The quantitative estimate of drug-likeness (QED) is 0.113. The Labute approximate surface area is 220 Å². The largest absolute Gasteiger partial charge is 0.487 e. The van der Waals surface area contributed by atoms with Crippen molar-refractivity contribution in [2.24, 2.45) is 0 Å². The van der Waals surface area contributed by atoms with Gasteiger partial charge in [-0.1, -0.05) is 101 Å². The fraction of sp³-hybridized carbons (Fsp3) is 0.594. The van der Waals surface area contributed by atoms with Crippen molar-refractivity contribution in [3.8, 4) is 5.75 Å². The Kier molecular flexibility index (Phi) is 14.3. The van der Waals surface area contributed by atoms with E-state index in [4.69, 9.17) is 9.47 Å². The number of carbonyl (C=O) groups is 1. The van der Waals surface area contributed by atoms with Crippen molar-refractivity contribution >= 4 is 5.97 Å². The lowest BCUT2D eigenvalue weighted by Gasteiger charge is -2.29. The van der Waals surface area contributed by atoms with Gasteiger partial charge in [-0.25, -0.2) is 0 Å². The maximum Gasteiger partial charge on any atom is 0.306 e. The van der Waals surface area contributed by atoms with E-state index in [1.807, 2.05) is 18.2 Å². The van der Waals surface area contributed by atoms with Gasteiger partial charge < -0.3 is 14.0 Å². The van der Waals surface area contributed by atoms with Gasteiger partial charge in [0.15, 0.2) is 0 Å². The van der Waals surface area contributed by atoms with Crippen LogP contribution in [0.2, 0.25) is 0 Å². The summed E-state index contributed by atoms with van der Waals surface area (Å²) >= 11 is 0. The monoisotopic (exact) mass is 496 g/mol. The van der Waals surface area contributed by atoms with Gasteiger partial charge in [0.2, 0.25) is 0 Å². The fourth-order valence-corrected chi connectivity index (χ4v) is 4.58. The van der Waals surface area contributed by atoms with Crippen LogP contribution >= 0.6 is 0 Å². The molecule has 2 aromatic rings. The molecule has 0 fully saturated rings. The minimum absolute atomic E-state index is 0.116. The number of hydrogen-bond acceptors (Lipinski definition) is 3. The molecule has 0 bridgehead atoms. The number of para-hydroxylation sites is 1. The van der Waals surface area contributed by atoms with Crippen molar-refractivity contribution in [2.75, 3.05) is 27.2 Å². The minimum Gasteiger partial charge on any atom is -0.487 e. The zero-order valence-corrected chi connectivity index (χ0v) is 23.3.